The van der Waals surface area contributed by atoms with Crippen LogP contribution in [0.5, 0.6) is 0 Å². The summed E-state index contributed by atoms with van der Waals surface area (Å²) in [6.45, 7) is 1.14. The van der Waals surface area contributed by atoms with Gasteiger partial charge in [0.25, 0.3) is 0 Å². The lowest BCUT2D eigenvalue weighted by Crippen LogP contribution is -2.35. The second kappa shape index (κ2) is 8.45. The summed E-state index contributed by atoms with van der Waals surface area (Å²) in [5.74, 6) is -1.16. The maximum atomic E-state index is 12.4. The van der Waals surface area contributed by atoms with Crippen LogP contribution in [0.3, 0.4) is 0 Å². The number of ether oxygens (including phenoxy) is 1. The van der Waals surface area contributed by atoms with Crippen molar-refractivity contribution in [2.45, 2.75) is 32.1 Å². The molecule has 6 heteroatoms. The minimum Gasteiger partial charge on any atom is -0.469 e. The van der Waals surface area contributed by atoms with Crippen molar-refractivity contribution in [3.8, 4) is 0 Å². The molecular formula is C17H25NO4S. The molecule has 0 spiro atoms. The Labute approximate surface area is 138 Å². The number of esters is 1. The van der Waals surface area contributed by atoms with Crippen LogP contribution in [0.1, 0.15) is 31.2 Å². The van der Waals surface area contributed by atoms with Crippen LogP contribution < -0.4 is 0 Å². The fourth-order valence-electron chi connectivity index (χ4n) is 2.96. The van der Waals surface area contributed by atoms with Crippen LogP contribution in [0, 0.1) is 5.92 Å². The smallest absolute Gasteiger partial charge is 0.309 e. The molecule has 2 rings (SSSR count). The highest BCUT2D eigenvalue weighted by molar-refractivity contribution is 7.89. The Morgan fingerprint density at radius 1 is 1.22 bits per heavy atom. The van der Waals surface area contributed by atoms with Gasteiger partial charge in [0.15, 0.2) is 0 Å². The van der Waals surface area contributed by atoms with Gasteiger partial charge in [-0.15, -0.1) is 0 Å². The van der Waals surface area contributed by atoms with Crippen molar-refractivity contribution in [2.75, 3.05) is 26.0 Å². The molecule has 1 unspecified atom stereocenters. The number of aryl methyl sites for hydroxylation is 1. The molecule has 1 atom stereocenters. The van der Waals surface area contributed by atoms with Crippen LogP contribution >= 0.6 is 0 Å². The van der Waals surface area contributed by atoms with Gasteiger partial charge in [-0.2, -0.15) is 0 Å². The van der Waals surface area contributed by atoms with Gasteiger partial charge in [0.05, 0.1) is 18.8 Å². The van der Waals surface area contributed by atoms with Crippen molar-refractivity contribution in [1.82, 2.24) is 4.31 Å². The van der Waals surface area contributed by atoms with Gasteiger partial charge >= 0.3 is 5.97 Å². The molecule has 1 fully saturated rings. The van der Waals surface area contributed by atoms with E-state index in [0.717, 1.165) is 25.7 Å². The zero-order valence-electron chi connectivity index (χ0n) is 13.6. The molecule has 1 aromatic carbocycles. The first-order valence-electron chi connectivity index (χ1n) is 8.12. The Bertz CT molecular complexity index is 594. The van der Waals surface area contributed by atoms with Gasteiger partial charge in [0, 0.05) is 13.1 Å². The third-order valence-corrected chi connectivity index (χ3v) is 6.24. The lowest BCUT2D eigenvalue weighted by atomic mass is 10.0. The van der Waals surface area contributed by atoms with Crippen molar-refractivity contribution in [2.24, 2.45) is 5.92 Å². The number of carbonyl (C=O) groups excluding carboxylic acids is 1. The Morgan fingerprint density at radius 2 is 1.87 bits per heavy atom. The lowest BCUT2D eigenvalue weighted by molar-refractivity contribution is -0.144. The second-order valence-corrected chi connectivity index (χ2v) is 8.00. The molecule has 1 saturated heterocycles. The molecule has 128 valence electrons. The summed E-state index contributed by atoms with van der Waals surface area (Å²) in [7, 11) is -2.06. The molecule has 0 saturated carbocycles. The number of sulfonamides is 1. The van der Waals surface area contributed by atoms with Crippen LogP contribution in [-0.2, 0) is 26.0 Å². The van der Waals surface area contributed by atoms with Crippen molar-refractivity contribution >= 4 is 16.0 Å². The number of hydrogen-bond donors (Lipinski definition) is 0. The molecule has 5 nitrogen and oxygen atoms in total. The third-order valence-electron chi connectivity index (χ3n) is 4.27. The summed E-state index contributed by atoms with van der Waals surface area (Å²) in [6, 6.07) is 9.99. The first-order chi connectivity index (χ1) is 11.0. The Kier molecular flexibility index (Phi) is 6.59. The SMILES string of the molecule is COC(=O)C(CCCc1ccccc1)CS(=O)(=O)N1CCCC1. The average Bonchev–Trinajstić information content (AvgIpc) is 3.09. The first kappa shape index (κ1) is 17.9. The van der Waals surface area contributed by atoms with E-state index in [1.165, 1.54) is 17.0 Å². The van der Waals surface area contributed by atoms with Crippen molar-refractivity contribution in [3.05, 3.63) is 35.9 Å². The molecule has 0 aromatic heterocycles. The van der Waals surface area contributed by atoms with Gasteiger partial charge in [-0.05, 0) is 37.7 Å². The summed E-state index contributed by atoms with van der Waals surface area (Å²) >= 11 is 0. The number of nitrogens with zero attached hydrogens (tertiary/aromatic N) is 1. The van der Waals surface area contributed by atoms with Gasteiger partial charge in [0.1, 0.15) is 0 Å². The Morgan fingerprint density at radius 3 is 2.48 bits per heavy atom. The van der Waals surface area contributed by atoms with Crippen LogP contribution in [0.25, 0.3) is 0 Å². The molecule has 0 aliphatic carbocycles. The van der Waals surface area contributed by atoms with Gasteiger partial charge in [-0.3, -0.25) is 4.79 Å². The van der Waals surface area contributed by atoms with E-state index in [1.54, 1.807) is 0 Å². The van der Waals surface area contributed by atoms with E-state index >= 15 is 0 Å². The monoisotopic (exact) mass is 339 g/mol. The van der Waals surface area contributed by atoms with E-state index in [4.69, 9.17) is 4.74 Å². The average molecular weight is 339 g/mol. The highest BCUT2D eigenvalue weighted by atomic mass is 32.2. The summed E-state index contributed by atoms with van der Waals surface area (Å²) in [5.41, 5.74) is 1.19. The maximum absolute atomic E-state index is 12.4. The standard InChI is InChI=1S/C17H25NO4S/c1-22-17(19)16(11-7-10-15-8-3-2-4-9-15)14-23(20,21)18-12-5-6-13-18/h2-4,8-9,16H,5-7,10-14H2,1H3. The first-order valence-corrected chi connectivity index (χ1v) is 9.73. The molecular weight excluding hydrogens is 314 g/mol. The number of rotatable bonds is 8. The van der Waals surface area contributed by atoms with E-state index in [1.807, 2.05) is 30.3 Å². The Balaban J connectivity index is 1.92. The summed E-state index contributed by atoms with van der Waals surface area (Å²) in [6.07, 6.45) is 3.91. The zero-order valence-corrected chi connectivity index (χ0v) is 14.4. The fourth-order valence-corrected chi connectivity index (χ4v) is 4.80. The quantitative estimate of drug-likeness (QED) is 0.681. The highest BCUT2D eigenvalue weighted by Crippen LogP contribution is 2.20. The fraction of sp³-hybridized carbons (Fsp3) is 0.588. The van der Waals surface area contributed by atoms with E-state index in [9.17, 15) is 13.2 Å². The van der Waals surface area contributed by atoms with Crippen LogP contribution in [0.4, 0.5) is 0 Å². The normalized spacial score (nSPS) is 17.1. The number of benzene rings is 1. The molecule has 0 N–H and O–H groups in total. The minimum atomic E-state index is -3.38. The second-order valence-electron chi connectivity index (χ2n) is 5.98. The number of hydrogen-bond acceptors (Lipinski definition) is 4. The zero-order chi connectivity index (χ0) is 16.7. The largest absolute Gasteiger partial charge is 0.469 e. The van der Waals surface area contributed by atoms with Crippen LogP contribution in [-0.4, -0.2) is 44.6 Å². The lowest BCUT2D eigenvalue weighted by Gasteiger charge is -2.20. The summed E-state index contributed by atoms with van der Waals surface area (Å²) < 4.78 is 31.1. The van der Waals surface area contributed by atoms with Gasteiger partial charge in [-0.1, -0.05) is 30.3 Å². The van der Waals surface area contributed by atoms with Crippen LogP contribution in [0.15, 0.2) is 30.3 Å². The summed E-state index contributed by atoms with van der Waals surface area (Å²) in [4.78, 5) is 11.9. The van der Waals surface area contributed by atoms with Crippen molar-refractivity contribution < 1.29 is 17.9 Å². The number of carbonyl (C=O) groups is 1. The highest BCUT2D eigenvalue weighted by Gasteiger charge is 2.31. The molecule has 23 heavy (non-hydrogen) atoms. The molecule has 0 amide bonds. The van der Waals surface area contributed by atoms with Gasteiger partial charge in [-0.25, -0.2) is 12.7 Å². The molecule has 1 heterocycles. The number of methoxy groups -OCH3 is 1. The van der Waals surface area contributed by atoms with E-state index < -0.39 is 21.9 Å². The van der Waals surface area contributed by atoms with E-state index in [2.05, 4.69) is 0 Å². The molecule has 0 radical (unpaired) electrons. The Hall–Kier alpha value is -1.40. The van der Waals surface area contributed by atoms with Gasteiger partial charge in [0.2, 0.25) is 10.0 Å². The predicted molar refractivity (Wildman–Crippen MR) is 89.5 cm³/mol. The van der Waals surface area contributed by atoms with Crippen molar-refractivity contribution in [1.29, 1.82) is 0 Å². The van der Waals surface area contributed by atoms with E-state index in [-0.39, 0.29) is 5.75 Å². The minimum absolute atomic E-state index is 0.144. The topological polar surface area (TPSA) is 63.7 Å². The van der Waals surface area contributed by atoms with Crippen molar-refractivity contribution in [3.63, 3.8) is 0 Å². The van der Waals surface area contributed by atoms with Crippen LogP contribution in [0.2, 0.25) is 0 Å². The van der Waals surface area contributed by atoms with Gasteiger partial charge < -0.3 is 4.74 Å². The summed E-state index contributed by atoms with van der Waals surface area (Å²) in [5, 5.41) is 0. The molecule has 1 aromatic rings. The van der Waals surface area contributed by atoms with E-state index in [0.29, 0.717) is 19.5 Å². The molecule has 0 bridgehead atoms. The molecule has 1 aliphatic rings. The third kappa shape index (κ3) is 5.32. The molecule has 1 aliphatic heterocycles. The maximum Gasteiger partial charge on any atom is 0.309 e. The predicted octanol–water partition coefficient (Wildman–Crippen LogP) is 2.22.